The molecule has 0 aliphatic heterocycles. The summed E-state index contributed by atoms with van der Waals surface area (Å²) in [6.07, 6.45) is 1.89. The van der Waals surface area contributed by atoms with Gasteiger partial charge in [0.2, 0.25) is 0 Å². The van der Waals surface area contributed by atoms with Crippen molar-refractivity contribution in [3.63, 3.8) is 0 Å². The van der Waals surface area contributed by atoms with Crippen molar-refractivity contribution in [2.75, 3.05) is 7.11 Å². The quantitative estimate of drug-likeness (QED) is 0.349. The number of carbonyl (C=O) groups excluding carboxylic acids is 1. The van der Waals surface area contributed by atoms with E-state index in [1.165, 1.54) is 19.2 Å². The molecular weight excluding hydrogens is 428 g/mol. The number of nitrogens with one attached hydrogen (secondary N) is 1. The highest BCUT2D eigenvalue weighted by atomic mass is 19.1. The second-order valence-electron chi connectivity index (χ2n) is 7.76. The fourth-order valence-corrected chi connectivity index (χ4v) is 3.91. The maximum Gasteiger partial charge on any atom is 0.338 e. The first-order chi connectivity index (χ1) is 15.9. The minimum Gasteiger partial charge on any atom is -0.465 e. The van der Waals surface area contributed by atoms with Crippen LogP contribution in [0.15, 0.2) is 54.7 Å². The molecule has 0 atom stereocenters. The van der Waals surface area contributed by atoms with E-state index in [0.717, 1.165) is 10.9 Å². The lowest BCUT2D eigenvalue weighted by molar-refractivity contribution is 0.0599. The van der Waals surface area contributed by atoms with Crippen LogP contribution in [0.25, 0.3) is 33.1 Å². The average Bonchev–Trinajstić information content (AvgIpc) is 3.37. The summed E-state index contributed by atoms with van der Waals surface area (Å²) >= 11 is 0. The molecule has 0 aliphatic rings. The van der Waals surface area contributed by atoms with Crippen LogP contribution < -0.4 is 4.74 Å². The van der Waals surface area contributed by atoms with Crippen LogP contribution in [0.1, 0.15) is 15.9 Å². The van der Waals surface area contributed by atoms with Crippen molar-refractivity contribution in [2.45, 2.75) is 6.92 Å². The Hall–Kier alpha value is -4.20. The molecule has 3 aromatic carbocycles. The number of aromatic amines is 1. The minimum atomic E-state index is -0.787. The zero-order chi connectivity index (χ0) is 23.3. The number of nitrogens with zero attached hydrogens (tertiary/aromatic N) is 2. The summed E-state index contributed by atoms with van der Waals surface area (Å²) in [5.41, 5.74) is 2.38. The van der Waals surface area contributed by atoms with Gasteiger partial charge < -0.3 is 19.0 Å². The molecule has 0 fully saturated rings. The van der Waals surface area contributed by atoms with Crippen molar-refractivity contribution in [3.05, 3.63) is 77.5 Å². The van der Waals surface area contributed by atoms with E-state index >= 15 is 4.39 Å². The van der Waals surface area contributed by atoms with Crippen molar-refractivity contribution in [1.82, 2.24) is 14.5 Å². The topological polar surface area (TPSA) is 69.1 Å². The molecule has 1 N–H and O–H groups in total. The Morgan fingerprint density at radius 1 is 1.09 bits per heavy atom. The normalized spacial score (nSPS) is 11.3. The fourth-order valence-electron chi connectivity index (χ4n) is 3.91. The molecule has 0 aliphatic carbocycles. The molecule has 2 aromatic heterocycles. The lowest BCUT2D eigenvalue weighted by Crippen LogP contribution is -2.04. The third-order valence-electron chi connectivity index (χ3n) is 5.65. The van der Waals surface area contributed by atoms with Crippen molar-refractivity contribution in [2.24, 2.45) is 7.05 Å². The smallest absolute Gasteiger partial charge is 0.338 e. The van der Waals surface area contributed by atoms with Crippen LogP contribution in [0, 0.1) is 18.6 Å². The van der Waals surface area contributed by atoms with Crippen LogP contribution >= 0.6 is 0 Å². The number of halogens is 2. The predicted molar refractivity (Wildman–Crippen MR) is 121 cm³/mol. The monoisotopic (exact) mass is 447 g/mol. The number of aromatic nitrogens is 3. The van der Waals surface area contributed by atoms with Gasteiger partial charge in [-0.15, -0.1) is 0 Å². The standard InChI is InChI=1S/C25H19F2N3O3/c1-13-4-6-16(11-17(13)24(31)32-3)33-25-28-19-12-18(26)21(22(27)23(19)29-25)15-5-7-20-14(10-15)8-9-30(20)2/h4-12H,1-3H3,(H,28,29). The van der Waals surface area contributed by atoms with Gasteiger partial charge in [-0.3, -0.25) is 0 Å². The van der Waals surface area contributed by atoms with Crippen molar-refractivity contribution in [1.29, 1.82) is 0 Å². The second kappa shape index (κ2) is 7.74. The summed E-state index contributed by atoms with van der Waals surface area (Å²) in [5.74, 6) is -1.70. The van der Waals surface area contributed by atoms with Gasteiger partial charge in [0.25, 0.3) is 6.01 Å². The van der Waals surface area contributed by atoms with E-state index in [-0.39, 0.29) is 22.6 Å². The highest BCUT2D eigenvalue weighted by Crippen LogP contribution is 2.34. The molecule has 0 saturated carbocycles. The number of hydrogen-bond acceptors (Lipinski definition) is 4. The number of carbonyl (C=O) groups is 1. The highest BCUT2D eigenvalue weighted by Gasteiger charge is 2.20. The number of aryl methyl sites for hydroxylation is 2. The van der Waals surface area contributed by atoms with Gasteiger partial charge in [0, 0.05) is 30.2 Å². The molecule has 5 rings (SSSR count). The molecule has 2 heterocycles. The summed E-state index contributed by atoms with van der Waals surface area (Å²) in [6.45, 7) is 1.77. The Kier molecular flexibility index (Phi) is 4.85. The molecule has 0 radical (unpaired) electrons. The van der Waals surface area contributed by atoms with E-state index < -0.39 is 17.6 Å². The van der Waals surface area contributed by atoms with Crippen LogP contribution in [-0.2, 0) is 11.8 Å². The Bertz CT molecular complexity index is 1550. The number of esters is 1. The number of methoxy groups -OCH3 is 1. The van der Waals surface area contributed by atoms with Gasteiger partial charge in [-0.1, -0.05) is 12.1 Å². The average molecular weight is 447 g/mol. The summed E-state index contributed by atoms with van der Waals surface area (Å²) in [5, 5.41) is 0.876. The zero-order valence-electron chi connectivity index (χ0n) is 18.1. The molecule has 0 unspecified atom stereocenters. The van der Waals surface area contributed by atoms with Crippen molar-refractivity contribution < 1.29 is 23.0 Å². The minimum absolute atomic E-state index is 0.0290. The van der Waals surface area contributed by atoms with E-state index in [4.69, 9.17) is 9.47 Å². The highest BCUT2D eigenvalue weighted by molar-refractivity contribution is 5.91. The summed E-state index contributed by atoms with van der Waals surface area (Å²) in [7, 11) is 3.20. The Balaban J connectivity index is 1.55. The molecule has 166 valence electrons. The van der Waals surface area contributed by atoms with E-state index in [0.29, 0.717) is 22.4 Å². The number of hydrogen-bond donors (Lipinski definition) is 1. The largest absolute Gasteiger partial charge is 0.465 e. The molecule has 0 bridgehead atoms. The SMILES string of the molecule is COC(=O)c1cc(Oc2nc3c(F)c(-c4ccc5c(ccn5C)c4)c(F)cc3[nH]2)ccc1C. The number of H-pyrrole nitrogens is 1. The first kappa shape index (κ1) is 20.7. The lowest BCUT2D eigenvalue weighted by atomic mass is 10.0. The van der Waals surface area contributed by atoms with Gasteiger partial charge in [-0.2, -0.15) is 4.98 Å². The number of benzene rings is 3. The molecule has 0 spiro atoms. The van der Waals surface area contributed by atoms with E-state index in [1.807, 2.05) is 29.9 Å². The predicted octanol–water partition coefficient (Wildman–Crippen LogP) is 5.89. The second-order valence-corrected chi connectivity index (χ2v) is 7.76. The van der Waals surface area contributed by atoms with Gasteiger partial charge in [0.1, 0.15) is 17.1 Å². The summed E-state index contributed by atoms with van der Waals surface area (Å²) < 4.78 is 42.7. The maximum absolute atomic E-state index is 15.4. The first-order valence-corrected chi connectivity index (χ1v) is 10.2. The summed E-state index contributed by atoms with van der Waals surface area (Å²) in [6, 6.07) is 13.1. The molecule has 0 amide bonds. The molecule has 33 heavy (non-hydrogen) atoms. The van der Waals surface area contributed by atoms with E-state index in [9.17, 15) is 9.18 Å². The van der Waals surface area contributed by atoms with Gasteiger partial charge in [-0.05, 0) is 48.4 Å². The maximum atomic E-state index is 15.4. The number of rotatable bonds is 4. The Morgan fingerprint density at radius 2 is 1.91 bits per heavy atom. The van der Waals surface area contributed by atoms with Crippen LogP contribution in [0.2, 0.25) is 0 Å². The molecular formula is C25H19F2N3O3. The van der Waals surface area contributed by atoms with Gasteiger partial charge in [0.15, 0.2) is 5.82 Å². The Labute approximate surface area is 187 Å². The van der Waals surface area contributed by atoms with Crippen LogP contribution in [-0.4, -0.2) is 27.6 Å². The van der Waals surface area contributed by atoms with Gasteiger partial charge in [0.05, 0.1) is 23.8 Å². The van der Waals surface area contributed by atoms with Gasteiger partial charge in [-0.25, -0.2) is 13.6 Å². The fraction of sp³-hybridized carbons (Fsp3) is 0.120. The molecule has 6 nitrogen and oxygen atoms in total. The van der Waals surface area contributed by atoms with Crippen LogP contribution in [0.4, 0.5) is 8.78 Å². The first-order valence-electron chi connectivity index (χ1n) is 10.2. The summed E-state index contributed by atoms with van der Waals surface area (Å²) in [4.78, 5) is 18.9. The lowest BCUT2D eigenvalue weighted by Gasteiger charge is -2.07. The molecule has 5 aromatic rings. The van der Waals surface area contributed by atoms with E-state index in [1.54, 1.807) is 31.2 Å². The number of imidazole rings is 1. The van der Waals surface area contributed by atoms with E-state index in [2.05, 4.69) is 9.97 Å². The number of ether oxygens (including phenoxy) is 2. The van der Waals surface area contributed by atoms with Gasteiger partial charge >= 0.3 is 5.97 Å². The number of fused-ring (bicyclic) bond motifs is 2. The van der Waals surface area contributed by atoms with Crippen molar-refractivity contribution in [3.8, 4) is 22.9 Å². The molecule has 8 heteroatoms. The Morgan fingerprint density at radius 3 is 2.70 bits per heavy atom. The van der Waals surface area contributed by atoms with Crippen LogP contribution in [0.5, 0.6) is 11.8 Å². The van der Waals surface area contributed by atoms with Crippen molar-refractivity contribution >= 4 is 27.9 Å². The third kappa shape index (κ3) is 3.49. The third-order valence-corrected chi connectivity index (χ3v) is 5.65. The zero-order valence-corrected chi connectivity index (χ0v) is 18.1. The molecule has 0 saturated heterocycles. The van der Waals surface area contributed by atoms with Crippen LogP contribution in [0.3, 0.4) is 0 Å².